The van der Waals surface area contributed by atoms with Crippen LogP contribution in [0.1, 0.15) is 5.56 Å². The van der Waals surface area contributed by atoms with Gasteiger partial charge < -0.3 is 5.11 Å². The number of sulfonamides is 1. The molecule has 0 aliphatic carbocycles. The van der Waals surface area contributed by atoms with Crippen LogP contribution >= 0.6 is 0 Å². The van der Waals surface area contributed by atoms with Crippen molar-refractivity contribution >= 4 is 15.8 Å². The number of phenolic OH excluding ortho intramolecular Hbond substituents is 1. The van der Waals surface area contributed by atoms with E-state index >= 15 is 0 Å². The van der Waals surface area contributed by atoms with Crippen LogP contribution in [-0.4, -0.2) is 23.3 Å². The Morgan fingerprint density at radius 1 is 1.00 bits per heavy atom. The van der Waals surface area contributed by atoms with Crippen LogP contribution in [0.4, 0.5) is 5.82 Å². The summed E-state index contributed by atoms with van der Waals surface area (Å²) < 4.78 is 28.9. The summed E-state index contributed by atoms with van der Waals surface area (Å²) in [6, 6.07) is 14.5. The number of benzene rings is 2. The molecule has 7 heteroatoms. The second-order valence-electron chi connectivity index (χ2n) is 5.06. The smallest absolute Gasteiger partial charge is 0.263 e. The average Bonchev–Trinajstić information content (AvgIpc) is 2.96. The molecule has 118 valence electrons. The average molecular weight is 329 g/mol. The van der Waals surface area contributed by atoms with Gasteiger partial charge in [-0.2, -0.15) is 5.10 Å². The number of nitrogens with zero attached hydrogens (tertiary/aromatic N) is 2. The first-order valence-electron chi connectivity index (χ1n) is 6.89. The first-order valence-corrected chi connectivity index (χ1v) is 8.37. The number of aromatic nitrogens is 2. The summed E-state index contributed by atoms with van der Waals surface area (Å²) in [7, 11) is -3.70. The lowest BCUT2D eigenvalue weighted by Crippen LogP contribution is -2.15. The number of rotatable bonds is 4. The predicted molar refractivity (Wildman–Crippen MR) is 87.2 cm³/mol. The zero-order chi connectivity index (χ0) is 16.4. The van der Waals surface area contributed by atoms with Crippen LogP contribution in [0.2, 0.25) is 0 Å². The third-order valence-electron chi connectivity index (χ3n) is 3.31. The van der Waals surface area contributed by atoms with Gasteiger partial charge in [0, 0.05) is 6.07 Å². The Labute approximate surface area is 134 Å². The van der Waals surface area contributed by atoms with Crippen LogP contribution in [-0.2, 0) is 10.0 Å². The van der Waals surface area contributed by atoms with E-state index in [-0.39, 0.29) is 10.6 Å². The second-order valence-corrected chi connectivity index (χ2v) is 6.75. The Kier molecular flexibility index (Phi) is 3.79. The summed E-state index contributed by atoms with van der Waals surface area (Å²) in [4.78, 5) is 0.182. The zero-order valence-electron chi connectivity index (χ0n) is 12.3. The van der Waals surface area contributed by atoms with E-state index in [1.54, 1.807) is 42.5 Å². The second kappa shape index (κ2) is 5.77. The highest BCUT2D eigenvalue weighted by molar-refractivity contribution is 7.92. The normalized spacial score (nSPS) is 11.3. The lowest BCUT2D eigenvalue weighted by atomic mass is 10.2. The monoisotopic (exact) mass is 329 g/mol. The van der Waals surface area contributed by atoms with Crippen molar-refractivity contribution in [3.05, 3.63) is 66.4 Å². The maximum Gasteiger partial charge on any atom is 0.263 e. The van der Waals surface area contributed by atoms with Crippen LogP contribution in [0.3, 0.4) is 0 Å². The number of hydrogen-bond acceptors (Lipinski definition) is 4. The maximum atomic E-state index is 12.5. The molecule has 1 heterocycles. The van der Waals surface area contributed by atoms with E-state index in [1.807, 2.05) is 6.92 Å². The highest BCUT2D eigenvalue weighted by atomic mass is 32.2. The van der Waals surface area contributed by atoms with Crippen molar-refractivity contribution in [3.63, 3.8) is 0 Å². The Hall–Kier alpha value is -2.80. The third-order valence-corrected chi connectivity index (χ3v) is 4.68. The van der Waals surface area contributed by atoms with Gasteiger partial charge in [0.15, 0.2) is 0 Å². The summed E-state index contributed by atoms with van der Waals surface area (Å²) in [5.41, 5.74) is 1.62. The molecular formula is C16H15N3O3S. The molecule has 0 unspecified atom stereocenters. The zero-order valence-corrected chi connectivity index (χ0v) is 13.2. The molecule has 0 fully saturated rings. The Bertz CT molecular complexity index is 914. The number of aryl methyl sites for hydroxylation is 1. The predicted octanol–water partition coefficient (Wildman–Crippen LogP) is 2.69. The lowest BCUT2D eigenvalue weighted by molar-refractivity contribution is 0.475. The molecule has 0 bridgehead atoms. The van der Waals surface area contributed by atoms with Gasteiger partial charge in [-0.1, -0.05) is 17.7 Å². The fraction of sp³-hybridized carbons (Fsp3) is 0.0625. The molecule has 0 aliphatic heterocycles. The van der Waals surface area contributed by atoms with E-state index in [1.165, 1.54) is 23.0 Å². The van der Waals surface area contributed by atoms with Crippen molar-refractivity contribution in [2.45, 2.75) is 11.8 Å². The summed E-state index contributed by atoms with van der Waals surface area (Å²) in [6.45, 7) is 1.89. The molecule has 3 rings (SSSR count). The molecule has 3 aromatic rings. The molecule has 2 aromatic carbocycles. The summed E-state index contributed by atoms with van der Waals surface area (Å²) in [5.74, 6) is 0.443. The minimum Gasteiger partial charge on any atom is -0.508 e. The molecule has 6 nitrogen and oxygen atoms in total. The summed E-state index contributed by atoms with van der Waals surface area (Å²) in [5, 5.41) is 13.5. The van der Waals surface area contributed by atoms with Gasteiger partial charge in [-0.3, -0.25) is 4.72 Å². The van der Waals surface area contributed by atoms with Crippen molar-refractivity contribution in [1.29, 1.82) is 0 Å². The molecule has 0 saturated heterocycles. The van der Waals surface area contributed by atoms with Gasteiger partial charge in [-0.25, -0.2) is 13.1 Å². The van der Waals surface area contributed by atoms with Crippen molar-refractivity contribution in [2.24, 2.45) is 0 Å². The topological polar surface area (TPSA) is 84.2 Å². The molecule has 0 amide bonds. The Balaban J connectivity index is 1.93. The first kappa shape index (κ1) is 15.1. The van der Waals surface area contributed by atoms with Crippen molar-refractivity contribution in [3.8, 4) is 11.4 Å². The lowest BCUT2D eigenvalue weighted by Gasteiger charge is -2.11. The van der Waals surface area contributed by atoms with Crippen LogP contribution in [0.5, 0.6) is 5.75 Å². The van der Waals surface area contributed by atoms with Crippen LogP contribution in [0.15, 0.2) is 65.7 Å². The fourth-order valence-electron chi connectivity index (χ4n) is 2.09. The van der Waals surface area contributed by atoms with Crippen molar-refractivity contribution in [1.82, 2.24) is 9.78 Å². The van der Waals surface area contributed by atoms with Gasteiger partial charge in [0.05, 0.1) is 16.8 Å². The molecule has 0 spiro atoms. The van der Waals surface area contributed by atoms with Crippen LogP contribution < -0.4 is 4.72 Å². The van der Waals surface area contributed by atoms with Crippen molar-refractivity contribution in [2.75, 3.05) is 4.72 Å². The Morgan fingerprint density at radius 2 is 1.65 bits per heavy atom. The maximum absolute atomic E-state index is 12.5. The molecule has 0 atom stereocenters. The van der Waals surface area contributed by atoms with E-state index < -0.39 is 10.0 Å². The molecule has 2 N–H and O–H groups in total. The Morgan fingerprint density at radius 3 is 2.30 bits per heavy atom. The fourth-order valence-corrected chi connectivity index (χ4v) is 3.14. The number of nitrogens with one attached hydrogen (secondary N) is 1. The highest BCUT2D eigenvalue weighted by Crippen LogP contribution is 2.21. The minimum absolute atomic E-state index is 0.127. The SMILES string of the molecule is Cc1ccc(S(=O)(=O)Nc2ccnn2-c2ccc(O)cc2)cc1. The molecule has 23 heavy (non-hydrogen) atoms. The van der Waals surface area contributed by atoms with E-state index in [0.29, 0.717) is 11.5 Å². The largest absolute Gasteiger partial charge is 0.508 e. The quantitative estimate of drug-likeness (QED) is 0.771. The van der Waals surface area contributed by atoms with Crippen LogP contribution in [0.25, 0.3) is 5.69 Å². The molecular weight excluding hydrogens is 314 g/mol. The van der Waals surface area contributed by atoms with Gasteiger partial charge in [-0.15, -0.1) is 0 Å². The van der Waals surface area contributed by atoms with Gasteiger partial charge in [-0.05, 0) is 43.3 Å². The van der Waals surface area contributed by atoms with Gasteiger partial charge in [0.2, 0.25) is 0 Å². The van der Waals surface area contributed by atoms with E-state index in [4.69, 9.17) is 0 Å². The molecule has 1 aromatic heterocycles. The minimum atomic E-state index is -3.70. The van der Waals surface area contributed by atoms with Crippen LogP contribution in [0, 0.1) is 6.92 Å². The molecule has 0 aliphatic rings. The van der Waals surface area contributed by atoms with E-state index in [0.717, 1.165) is 5.56 Å². The number of hydrogen-bond donors (Lipinski definition) is 2. The third kappa shape index (κ3) is 3.19. The van der Waals surface area contributed by atoms with Gasteiger partial charge in [0.1, 0.15) is 11.6 Å². The highest BCUT2D eigenvalue weighted by Gasteiger charge is 2.16. The van der Waals surface area contributed by atoms with E-state index in [2.05, 4.69) is 9.82 Å². The van der Waals surface area contributed by atoms with Gasteiger partial charge in [0.25, 0.3) is 10.0 Å². The summed E-state index contributed by atoms with van der Waals surface area (Å²) >= 11 is 0. The number of phenols is 1. The number of aromatic hydroxyl groups is 1. The molecule has 0 saturated carbocycles. The van der Waals surface area contributed by atoms with Gasteiger partial charge >= 0.3 is 0 Å². The first-order chi connectivity index (χ1) is 11.0. The molecule has 0 radical (unpaired) electrons. The van der Waals surface area contributed by atoms with Crippen molar-refractivity contribution < 1.29 is 13.5 Å². The van der Waals surface area contributed by atoms with E-state index in [9.17, 15) is 13.5 Å². The number of anilines is 1. The standard InChI is InChI=1S/C16H15N3O3S/c1-12-2-8-15(9-3-12)23(21,22)18-16-10-11-17-19(16)13-4-6-14(20)7-5-13/h2-11,18,20H,1H3. The summed E-state index contributed by atoms with van der Waals surface area (Å²) in [6.07, 6.45) is 1.50.